The number of nitrogens with zero attached hydrogens (tertiary/aromatic N) is 2. The van der Waals surface area contributed by atoms with Gasteiger partial charge in [-0.05, 0) is 6.92 Å². The van der Waals surface area contributed by atoms with Gasteiger partial charge in [0.05, 0.1) is 0 Å². The van der Waals surface area contributed by atoms with Gasteiger partial charge in [-0.25, -0.2) is 0 Å². The van der Waals surface area contributed by atoms with Crippen molar-refractivity contribution in [2.24, 2.45) is 4.99 Å². The molecule has 0 saturated heterocycles. The minimum atomic E-state index is -4.69. The molecule has 15 heavy (non-hydrogen) atoms. The fourth-order valence-corrected chi connectivity index (χ4v) is 1.15. The fraction of sp³-hybridized carbons (Fsp3) is 0.375. The number of aliphatic hydroxyl groups is 1. The Labute approximate surface area is 84.4 Å². The van der Waals surface area contributed by atoms with Crippen LogP contribution >= 0.6 is 0 Å². The second-order valence-electron chi connectivity index (χ2n) is 2.79. The molecular weight excluding hydrogens is 211 g/mol. The van der Waals surface area contributed by atoms with Gasteiger partial charge in [0, 0.05) is 18.3 Å². The maximum atomic E-state index is 12.0. The summed E-state index contributed by atoms with van der Waals surface area (Å²) in [5.74, 6) is -0.886. The largest absolute Gasteiger partial charge is 0.506 e. The van der Waals surface area contributed by atoms with Gasteiger partial charge in [-0.15, -0.1) is 18.2 Å². The molecule has 0 spiro atoms. The number of nitrogens with one attached hydrogen (secondary N) is 1. The molecule has 1 rings (SSSR count). The zero-order valence-electron chi connectivity index (χ0n) is 7.97. The van der Waals surface area contributed by atoms with Crippen molar-refractivity contribution in [3.8, 4) is 0 Å². The zero-order valence-corrected chi connectivity index (χ0v) is 7.97. The lowest BCUT2D eigenvalue weighted by Gasteiger charge is -2.29. The van der Waals surface area contributed by atoms with Crippen molar-refractivity contribution >= 4 is 5.96 Å². The summed E-state index contributed by atoms with van der Waals surface area (Å²) in [6.45, 7) is 5.41. The number of likely N-dealkylation sites (N-methyl/N-ethyl adjacent to an activating group) is 1. The Bertz CT molecular complexity index is 333. The van der Waals surface area contributed by atoms with Gasteiger partial charge < -0.3 is 10.0 Å². The molecule has 0 aromatic heterocycles. The van der Waals surface area contributed by atoms with Gasteiger partial charge in [-0.1, -0.05) is 6.58 Å². The van der Waals surface area contributed by atoms with E-state index < -0.39 is 18.1 Å². The zero-order chi connectivity index (χ0) is 11.6. The van der Waals surface area contributed by atoms with E-state index in [1.807, 2.05) is 0 Å². The van der Waals surface area contributed by atoms with E-state index in [0.717, 1.165) is 0 Å². The quantitative estimate of drug-likeness (QED) is 0.662. The van der Waals surface area contributed by atoms with Crippen LogP contribution in [-0.2, 0) is 0 Å². The van der Waals surface area contributed by atoms with Crippen molar-refractivity contribution < 1.29 is 18.3 Å². The number of hydrogen-bond acceptors (Lipinski definition) is 2. The lowest BCUT2D eigenvalue weighted by atomic mass is 10.3. The van der Waals surface area contributed by atoms with Gasteiger partial charge in [-0.3, -0.25) is 5.32 Å². The van der Waals surface area contributed by atoms with E-state index in [-0.39, 0.29) is 12.2 Å². The van der Waals surface area contributed by atoms with Crippen LogP contribution in [0.3, 0.4) is 0 Å². The summed E-state index contributed by atoms with van der Waals surface area (Å²) in [5, 5.41) is 11.2. The van der Waals surface area contributed by atoms with Crippen LogP contribution < -0.4 is 5.32 Å². The smallest absolute Gasteiger partial charge is 0.494 e. The highest BCUT2D eigenvalue weighted by Gasteiger charge is 2.30. The second kappa shape index (κ2) is 3.84. The Balaban J connectivity index is 3.03. The van der Waals surface area contributed by atoms with Crippen molar-refractivity contribution in [1.82, 2.24) is 10.2 Å². The molecule has 0 bridgehead atoms. The van der Waals surface area contributed by atoms with Crippen LogP contribution in [0.15, 0.2) is 29.2 Å². The Morgan fingerprint density at radius 1 is 1.60 bits per heavy atom. The third kappa shape index (κ3) is 2.90. The second-order valence-corrected chi connectivity index (χ2v) is 2.79. The van der Waals surface area contributed by atoms with E-state index in [1.54, 1.807) is 6.92 Å². The van der Waals surface area contributed by atoms with E-state index in [2.05, 4.69) is 16.9 Å². The van der Waals surface area contributed by atoms with Crippen molar-refractivity contribution in [3.05, 3.63) is 24.2 Å². The molecule has 2 N–H and O–H groups in total. The van der Waals surface area contributed by atoms with Gasteiger partial charge in [-0.2, -0.15) is 0 Å². The van der Waals surface area contributed by atoms with Gasteiger partial charge in [0.25, 0.3) is 0 Å². The number of allylic oxidation sites excluding steroid dienone is 1. The summed E-state index contributed by atoms with van der Waals surface area (Å²) in [5.41, 5.74) is 0.247. The van der Waals surface area contributed by atoms with Crippen LogP contribution in [-0.4, -0.2) is 28.8 Å². The fourth-order valence-electron chi connectivity index (χ4n) is 1.15. The van der Waals surface area contributed by atoms with Crippen LogP contribution in [0.5, 0.6) is 0 Å². The van der Waals surface area contributed by atoms with Crippen molar-refractivity contribution in [2.75, 3.05) is 6.54 Å². The monoisotopic (exact) mass is 221 g/mol. The average Bonchev–Trinajstić information content (AvgIpc) is 1.99. The number of halogens is 3. The molecule has 1 aliphatic heterocycles. The molecule has 0 saturated carbocycles. The normalized spacial score (nSPS) is 20.3. The first-order valence-corrected chi connectivity index (χ1v) is 4.14. The first kappa shape index (κ1) is 11.4. The lowest BCUT2D eigenvalue weighted by Crippen LogP contribution is -2.44. The predicted molar refractivity (Wildman–Crippen MR) is 48.9 cm³/mol. The van der Waals surface area contributed by atoms with E-state index in [4.69, 9.17) is 5.11 Å². The average molecular weight is 221 g/mol. The molecular formula is C8H10F3N3O. The molecule has 7 heteroatoms. The SMILES string of the molecule is C=C1C=C(O)NC(=NC(F)(F)F)N1CC. The molecule has 0 aromatic rings. The molecule has 0 radical (unpaired) electrons. The van der Waals surface area contributed by atoms with Crippen molar-refractivity contribution in [2.45, 2.75) is 13.2 Å². The van der Waals surface area contributed by atoms with Crippen LogP contribution in [0.25, 0.3) is 0 Å². The molecule has 0 aliphatic carbocycles. The Hall–Kier alpha value is -1.66. The number of guanidine groups is 1. The topological polar surface area (TPSA) is 47.9 Å². The van der Waals surface area contributed by atoms with Crippen LogP contribution in [0, 0.1) is 0 Å². The van der Waals surface area contributed by atoms with Gasteiger partial charge in [0.2, 0.25) is 5.96 Å². The van der Waals surface area contributed by atoms with Gasteiger partial charge in [0.15, 0.2) is 5.88 Å². The Kier molecular flexibility index (Phi) is 2.92. The summed E-state index contributed by atoms with van der Waals surface area (Å²) in [6.07, 6.45) is -3.47. The first-order valence-electron chi connectivity index (χ1n) is 4.14. The highest BCUT2D eigenvalue weighted by Crippen LogP contribution is 2.19. The molecule has 0 fully saturated rings. The minimum Gasteiger partial charge on any atom is -0.494 e. The van der Waals surface area contributed by atoms with E-state index in [1.165, 1.54) is 11.0 Å². The number of rotatable bonds is 1. The predicted octanol–water partition coefficient (Wildman–Crippen LogP) is 1.70. The number of aliphatic imine (C=N–C) groups is 1. The van der Waals surface area contributed by atoms with Crippen LogP contribution in [0.2, 0.25) is 0 Å². The summed E-state index contributed by atoms with van der Waals surface area (Å²) in [4.78, 5) is 3.69. The van der Waals surface area contributed by atoms with Crippen molar-refractivity contribution in [1.29, 1.82) is 0 Å². The standard InChI is InChI=1S/C8H10F3N3O/c1-3-14-5(2)4-6(15)12-7(14)13-8(9,10)11/h4,15H,2-3H2,1H3,(H,12,13). The minimum absolute atomic E-state index is 0.247. The van der Waals surface area contributed by atoms with Gasteiger partial charge >= 0.3 is 6.30 Å². The molecule has 84 valence electrons. The summed E-state index contributed by atoms with van der Waals surface area (Å²) >= 11 is 0. The van der Waals surface area contributed by atoms with E-state index in [0.29, 0.717) is 0 Å². The third-order valence-electron chi connectivity index (χ3n) is 1.69. The number of alkyl halides is 3. The Morgan fingerprint density at radius 2 is 2.20 bits per heavy atom. The highest BCUT2D eigenvalue weighted by molar-refractivity contribution is 5.85. The van der Waals surface area contributed by atoms with E-state index in [9.17, 15) is 13.2 Å². The van der Waals surface area contributed by atoms with Crippen LogP contribution in [0.1, 0.15) is 6.92 Å². The highest BCUT2D eigenvalue weighted by atomic mass is 19.4. The van der Waals surface area contributed by atoms with Crippen molar-refractivity contribution in [3.63, 3.8) is 0 Å². The van der Waals surface area contributed by atoms with Gasteiger partial charge in [0.1, 0.15) is 0 Å². The molecule has 0 aromatic carbocycles. The molecule has 1 aliphatic rings. The number of aliphatic hydroxyl groups excluding tert-OH is 1. The molecule has 0 amide bonds. The maximum Gasteiger partial charge on any atom is 0.506 e. The van der Waals surface area contributed by atoms with E-state index >= 15 is 0 Å². The Morgan fingerprint density at radius 3 is 2.67 bits per heavy atom. The number of hydrogen-bond donors (Lipinski definition) is 2. The molecule has 1 heterocycles. The summed E-state index contributed by atoms with van der Waals surface area (Å²) in [7, 11) is 0. The maximum absolute atomic E-state index is 12.0. The van der Waals surface area contributed by atoms with Crippen LogP contribution in [0.4, 0.5) is 13.2 Å². The first-order chi connectivity index (χ1) is 6.83. The molecule has 0 unspecified atom stereocenters. The third-order valence-corrected chi connectivity index (χ3v) is 1.69. The molecule has 0 atom stereocenters. The molecule has 4 nitrogen and oxygen atoms in total. The summed E-state index contributed by atoms with van der Waals surface area (Å²) in [6, 6.07) is 0. The summed E-state index contributed by atoms with van der Waals surface area (Å²) < 4.78 is 36.1. The lowest BCUT2D eigenvalue weighted by molar-refractivity contribution is -0.120.